The van der Waals surface area contributed by atoms with Gasteiger partial charge in [0, 0.05) is 24.7 Å². The SMILES string of the molecule is CCC1CC2CCCC(NC(=O)NC3CCN(C(=O)OC)CC3)(C1)C2. The number of nitrogens with zero attached hydrogens (tertiary/aromatic N) is 1. The summed E-state index contributed by atoms with van der Waals surface area (Å²) < 4.78 is 4.76. The van der Waals surface area contributed by atoms with Crippen molar-refractivity contribution in [3.8, 4) is 0 Å². The number of hydrogen-bond donors (Lipinski definition) is 2. The Morgan fingerprint density at radius 2 is 1.96 bits per heavy atom. The second-order valence-corrected chi connectivity index (χ2v) is 8.29. The van der Waals surface area contributed by atoms with E-state index in [2.05, 4.69) is 17.6 Å². The summed E-state index contributed by atoms with van der Waals surface area (Å²) in [6.45, 7) is 3.56. The topological polar surface area (TPSA) is 70.7 Å². The number of amides is 3. The molecule has 3 fully saturated rings. The normalized spacial score (nSPS) is 32.8. The Kier molecular flexibility index (Phi) is 5.74. The fraction of sp³-hybridized carbons (Fsp3) is 0.895. The summed E-state index contributed by atoms with van der Waals surface area (Å²) in [5, 5.41) is 6.51. The first-order valence-electron chi connectivity index (χ1n) is 9.95. The first-order chi connectivity index (χ1) is 12.0. The highest BCUT2D eigenvalue weighted by Gasteiger charge is 2.43. The molecule has 6 nitrogen and oxygen atoms in total. The monoisotopic (exact) mass is 351 g/mol. The van der Waals surface area contributed by atoms with Gasteiger partial charge in [0.15, 0.2) is 0 Å². The Labute approximate surface area is 151 Å². The van der Waals surface area contributed by atoms with Crippen molar-refractivity contribution in [3.63, 3.8) is 0 Å². The molecule has 1 saturated heterocycles. The van der Waals surface area contributed by atoms with E-state index in [9.17, 15) is 9.59 Å². The van der Waals surface area contributed by atoms with E-state index in [4.69, 9.17) is 4.74 Å². The number of hydrogen-bond acceptors (Lipinski definition) is 3. The van der Waals surface area contributed by atoms with Gasteiger partial charge in [-0.3, -0.25) is 0 Å². The van der Waals surface area contributed by atoms with E-state index < -0.39 is 0 Å². The van der Waals surface area contributed by atoms with E-state index in [1.807, 2.05) is 0 Å². The van der Waals surface area contributed by atoms with Crippen molar-refractivity contribution in [2.75, 3.05) is 20.2 Å². The number of methoxy groups -OCH3 is 1. The van der Waals surface area contributed by atoms with E-state index in [-0.39, 0.29) is 23.7 Å². The summed E-state index contributed by atoms with van der Waals surface area (Å²) in [4.78, 5) is 25.9. The zero-order valence-electron chi connectivity index (χ0n) is 15.7. The summed E-state index contributed by atoms with van der Waals surface area (Å²) in [7, 11) is 1.41. The van der Waals surface area contributed by atoms with Crippen LogP contribution in [0.25, 0.3) is 0 Å². The Balaban J connectivity index is 1.50. The lowest BCUT2D eigenvalue weighted by molar-refractivity contribution is 0.0811. The van der Waals surface area contributed by atoms with Crippen LogP contribution in [0.3, 0.4) is 0 Å². The molecule has 3 atom stereocenters. The van der Waals surface area contributed by atoms with Crippen molar-refractivity contribution < 1.29 is 14.3 Å². The fourth-order valence-electron chi connectivity index (χ4n) is 5.25. The van der Waals surface area contributed by atoms with Gasteiger partial charge in [0.2, 0.25) is 0 Å². The van der Waals surface area contributed by atoms with E-state index in [1.54, 1.807) is 4.90 Å². The minimum absolute atomic E-state index is 0.0125. The van der Waals surface area contributed by atoms with E-state index in [0.29, 0.717) is 13.1 Å². The zero-order valence-corrected chi connectivity index (χ0v) is 15.7. The number of carbonyl (C=O) groups is 2. The molecule has 0 aromatic carbocycles. The maximum absolute atomic E-state index is 12.6. The summed E-state index contributed by atoms with van der Waals surface area (Å²) >= 11 is 0. The van der Waals surface area contributed by atoms with Gasteiger partial charge in [0.25, 0.3) is 0 Å². The molecule has 6 heteroatoms. The predicted octanol–water partition coefficient (Wildman–Crippen LogP) is 3.27. The average molecular weight is 351 g/mol. The highest BCUT2D eigenvalue weighted by atomic mass is 16.5. The maximum Gasteiger partial charge on any atom is 0.409 e. The number of urea groups is 1. The highest BCUT2D eigenvalue weighted by molar-refractivity contribution is 5.75. The molecule has 3 rings (SSSR count). The van der Waals surface area contributed by atoms with Crippen LogP contribution in [0.1, 0.15) is 64.7 Å². The van der Waals surface area contributed by atoms with Crippen LogP contribution in [0.4, 0.5) is 9.59 Å². The van der Waals surface area contributed by atoms with Gasteiger partial charge in [-0.25, -0.2) is 9.59 Å². The van der Waals surface area contributed by atoms with Crippen molar-refractivity contribution in [2.24, 2.45) is 11.8 Å². The number of ether oxygens (including phenoxy) is 1. The number of nitrogens with one attached hydrogen (secondary N) is 2. The minimum Gasteiger partial charge on any atom is -0.453 e. The molecule has 2 N–H and O–H groups in total. The van der Waals surface area contributed by atoms with Gasteiger partial charge in [-0.2, -0.15) is 0 Å². The van der Waals surface area contributed by atoms with Gasteiger partial charge in [-0.15, -0.1) is 0 Å². The predicted molar refractivity (Wildman–Crippen MR) is 96.4 cm³/mol. The molecule has 1 aliphatic heterocycles. The van der Waals surface area contributed by atoms with Crippen molar-refractivity contribution in [1.29, 1.82) is 0 Å². The van der Waals surface area contributed by atoms with Gasteiger partial charge in [-0.05, 0) is 50.4 Å². The Morgan fingerprint density at radius 3 is 2.64 bits per heavy atom. The zero-order chi connectivity index (χ0) is 17.9. The Hall–Kier alpha value is -1.46. The van der Waals surface area contributed by atoms with Crippen molar-refractivity contribution in [2.45, 2.75) is 76.3 Å². The second-order valence-electron chi connectivity index (χ2n) is 8.29. The van der Waals surface area contributed by atoms with Crippen molar-refractivity contribution in [1.82, 2.24) is 15.5 Å². The second kappa shape index (κ2) is 7.83. The molecular formula is C19H33N3O3. The molecule has 142 valence electrons. The third-order valence-corrected chi connectivity index (χ3v) is 6.51. The molecular weight excluding hydrogens is 318 g/mol. The largest absolute Gasteiger partial charge is 0.453 e. The summed E-state index contributed by atoms with van der Waals surface area (Å²) in [6, 6.07) is 0.121. The molecule has 3 unspecified atom stereocenters. The molecule has 2 saturated carbocycles. The first kappa shape index (κ1) is 18.3. The van der Waals surface area contributed by atoms with Crippen molar-refractivity contribution in [3.05, 3.63) is 0 Å². The van der Waals surface area contributed by atoms with Crippen LogP contribution in [-0.4, -0.2) is 48.8 Å². The van der Waals surface area contributed by atoms with Crippen LogP contribution in [0.2, 0.25) is 0 Å². The van der Waals surface area contributed by atoms with Crippen LogP contribution < -0.4 is 10.6 Å². The highest BCUT2D eigenvalue weighted by Crippen LogP contribution is 2.46. The third-order valence-electron chi connectivity index (χ3n) is 6.51. The maximum atomic E-state index is 12.6. The number of piperidine rings is 1. The van der Waals surface area contributed by atoms with Gasteiger partial charge in [0.1, 0.15) is 0 Å². The lowest BCUT2D eigenvalue weighted by atomic mass is 9.63. The van der Waals surface area contributed by atoms with Gasteiger partial charge < -0.3 is 20.3 Å². The minimum atomic E-state index is -0.275. The molecule has 0 aromatic heterocycles. The molecule has 2 aliphatic carbocycles. The summed E-state index contributed by atoms with van der Waals surface area (Å²) in [5.74, 6) is 1.54. The van der Waals surface area contributed by atoms with Crippen LogP contribution >= 0.6 is 0 Å². The smallest absolute Gasteiger partial charge is 0.409 e. The Morgan fingerprint density at radius 1 is 1.20 bits per heavy atom. The number of rotatable bonds is 3. The molecule has 25 heavy (non-hydrogen) atoms. The van der Waals surface area contributed by atoms with E-state index in [1.165, 1.54) is 32.8 Å². The van der Waals surface area contributed by atoms with Gasteiger partial charge >= 0.3 is 12.1 Å². The molecule has 0 spiro atoms. The van der Waals surface area contributed by atoms with Crippen LogP contribution in [0, 0.1) is 11.8 Å². The lowest BCUT2D eigenvalue weighted by Gasteiger charge is -2.49. The van der Waals surface area contributed by atoms with Crippen molar-refractivity contribution >= 4 is 12.1 Å². The number of likely N-dealkylation sites (tertiary alicyclic amines) is 1. The van der Waals surface area contributed by atoms with E-state index in [0.717, 1.165) is 43.9 Å². The summed E-state index contributed by atoms with van der Waals surface area (Å²) in [6.07, 6.45) is 9.82. The first-order valence-corrected chi connectivity index (χ1v) is 9.95. The van der Waals surface area contributed by atoms with Crippen LogP contribution in [0.15, 0.2) is 0 Å². The molecule has 3 amide bonds. The fourth-order valence-corrected chi connectivity index (χ4v) is 5.25. The van der Waals surface area contributed by atoms with Gasteiger partial charge in [0.05, 0.1) is 7.11 Å². The van der Waals surface area contributed by atoms with Gasteiger partial charge in [-0.1, -0.05) is 26.2 Å². The quantitative estimate of drug-likeness (QED) is 0.820. The number of fused-ring (bicyclic) bond motifs is 2. The van der Waals surface area contributed by atoms with E-state index >= 15 is 0 Å². The summed E-state index contributed by atoms with van der Waals surface area (Å²) in [5.41, 5.74) is 0.0125. The third kappa shape index (κ3) is 4.39. The molecule has 3 aliphatic rings. The molecule has 2 bridgehead atoms. The molecule has 0 radical (unpaired) electrons. The molecule has 0 aromatic rings. The standard InChI is InChI=1S/C19H33N3O3/c1-3-14-11-15-5-4-8-19(12-14,13-15)21-17(23)20-16-6-9-22(10-7-16)18(24)25-2/h14-16H,3-13H2,1-2H3,(H2,20,21,23). The lowest BCUT2D eigenvalue weighted by Crippen LogP contribution is -2.59. The number of carbonyl (C=O) groups excluding carboxylic acids is 2. The Bertz CT molecular complexity index is 490. The average Bonchev–Trinajstić information content (AvgIpc) is 2.60. The van der Waals surface area contributed by atoms with Crippen LogP contribution in [-0.2, 0) is 4.74 Å². The molecule has 1 heterocycles. The van der Waals surface area contributed by atoms with Crippen LogP contribution in [0.5, 0.6) is 0 Å².